The number of fused-ring (bicyclic) bond motifs is 1. The Kier molecular flexibility index (Phi) is 7.48. The van der Waals surface area contributed by atoms with Crippen LogP contribution in [0.5, 0.6) is 0 Å². The molecule has 0 radical (unpaired) electrons. The fraction of sp³-hybridized carbons (Fsp3) is 0.370. The van der Waals surface area contributed by atoms with Gasteiger partial charge in [-0.25, -0.2) is 13.2 Å². The first-order valence-electron chi connectivity index (χ1n) is 12.7. The normalized spacial score (nSPS) is 20.0. The van der Waals surface area contributed by atoms with Gasteiger partial charge < -0.3 is 19.6 Å². The Labute approximate surface area is 221 Å². The highest BCUT2D eigenvalue weighted by Crippen LogP contribution is 2.25. The molecule has 1 aromatic heterocycles. The third-order valence-corrected chi connectivity index (χ3v) is 8.54. The topological polar surface area (TPSA) is 129 Å². The molecule has 2 fully saturated rings. The molecule has 2 saturated heterocycles. The lowest BCUT2D eigenvalue weighted by atomic mass is 10.0. The van der Waals surface area contributed by atoms with Crippen molar-refractivity contribution in [2.75, 3.05) is 31.0 Å². The standard InChI is InChI=1S/C27H30N4O6S/c32-26(31-16-15-30(27(33)34)18-22(31)12-13-23-6-3-17-37-23)20-8-10-21(11-9-20)29-38(35,36)24-7-1-4-19-5-2-14-28-25(19)24/h1-2,4-5,7-11,14,22-23,29H,3,6,12-13,15-18H2,(H,33,34)/t22-,23?/m1/s1. The van der Waals surface area contributed by atoms with E-state index in [1.807, 2.05) is 0 Å². The Morgan fingerprint density at radius 1 is 1.05 bits per heavy atom. The highest BCUT2D eigenvalue weighted by atomic mass is 32.2. The van der Waals surface area contributed by atoms with E-state index < -0.39 is 16.1 Å². The van der Waals surface area contributed by atoms with Gasteiger partial charge in [0.25, 0.3) is 15.9 Å². The average Bonchev–Trinajstić information content (AvgIpc) is 3.45. The second-order valence-electron chi connectivity index (χ2n) is 9.61. The summed E-state index contributed by atoms with van der Waals surface area (Å²) in [5.74, 6) is -0.208. The molecular formula is C27H30N4O6S. The number of nitrogens with one attached hydrogen (secondary N) is 1. The second-order valence-corrected chi connectivity index (χ2v) is 11.3. The monoisotopic (exact) mass is 538 g/mol. The Morgan fingerprint density at radius 3 is 2.58 bits per heavy atom. The van der Waals surface area contributed by atoms with E-state index >= 15 is 0 Å². The van der Waals surface area contributed by atoms with Crippen LogP contribution >= 0.6 is 0 Å². The van der Waals surface area contributed by atoms with Crippen LogP contribution in [0.15, 0.2) is 65.7 Å². The molecule has 3 heterocycles. The van der Waals surface area contributed by atoms with Gasteiger partial charge >= 0.3 is 6.09 Å². The number of aromatic nitrogens is 1. The molecule has 0 bridgehead atoms. The van der Waals surface area contributed by atoms with Crippen LogP contribution in [0.25, 0.3) is 10.9 Å². The highest BCUT2D eigenvalue weighted by molar-refractivity contribution is 7.93. The number of para-hydroxylation sites is 1. The Hall–Kier alpha value is -3.70. The number of anilines is 1. The Morgan fingerprint density at radius 2 is 1.84 bits per heavy atom. The van der Waals surface area contributed by atoms with Gasteiger partial charge in [-0.1, -0.05) is 18.2 Å². The third kappa shape index (κ3) is 5.58. The number of rotatable bonds is 7. The van der Waals surface area contributed by atoms with E-state index in [2.05, 4.69) is 9.71 Å². The number of carboxylic acid groups (broad SMARTS) is 1. The van der Waals surface area contributed by atoms with Crippen molar-refractivity contribution in [1.82, 2.24) is 14.8 Å². The number of benzene rings is 2. The largest absolute Gasteiger partial charge is 0.465 e. The average molecular weight is 539 g/mol. The molecule has 1 unspecified atom stereocenters. The molecule has 0 saturated carbocycles. The van der Waals surface area contributed by atoms with Crippen LogP contribution in [-0.2, 0) is 14.8 Å². The molecule has 38 heavy (non-hydrogen) atoms. The fourth-order valence-electron chi connectivity index (χ4n) is 5.14. The smallest absolute Gasteiger partial charge is 0.407 e. The van der Waals surface area contributed by atoms with Gasteiger partial charge in [-0.15, -0.1) is 0 Å². The summed E-state index contributed by atoms with van der Waals surface area (Å²) in [5, 5.41) is 10.2. The predicted molar refractivity (Wildman–Crippen MR) is 142 cm³/mol. The van der Waals surface area contributed by atoms with E-state index in [0.29, 0.717) is 35.1 Å². The number of amides is 2. The van der Waals surface area contributed by atoms with Gasteiger partial charge in [-0.05, 0) is 62.1 Å². The number of nitrogens with zero attached hydrogens (tertiary/aromatic N) is 3. The maximum atomic E-state index is 13.4. The van der Waals surface area contributed by atoms with Crippen LogP contribution in [0.1, 0.15) is 36.0 Å². The minimum Gasteiger partial charge on any atom is -0.465 e. The van der Waals surface area contributed by atoms with E-state index in [9.17, 15) is 23.1 Å². The van der Waals surface area contributed by atoms with Crippen molar-refractivity contribution in [3.63, 3.8) is 0 Å². The first-order chi connectivity index (χ1) is 18.3. The highest BCUT2D eigenvalue weighted by Gasteiger charge is 2.33. The fourth-order valence-corrected chi connectivity index (χ4v) is 6.38. The number of ether oxygens (including phenoxy) is 1. The molecule has 2 amide bonds. The molecule has 2 N–H and O–H groups in total. The molecule has 11 heteroatoms. The van der Waals surface area contributed by atoms with Gasteiger partial charge in [0.15, 0.2) is 0 Å². The number of sulfonamides is 1. The lowest BCUT2D eigenvalue weighted by Crippen LogP contribution is -2.56. The molecule has 200 valence electrons. The molecule has 3 aromatic rings. The molecule has 2 aromatic carbocycles. The summed E-state index contributed by atoms with van der Waals surface area (Å²) in [6.45, 7) is 1.54. The van der Waals surface area contributed by atoms with Crippen LogP contribution in [0.2, 0.25) is 0 Å². The molecule has 2 aliphatic rings. The zero-order valence-corrected chi connectivity index (χ0v) is 21.6. The van der Waals surface area contributed by atoms with Crippen LogP contribution < -0.4 is 4.72 Å². The molecule has 2 aliphatic heterocycles. The number of piperazine rings is 1. The van der Waals surface area contributed by atoms with E-state index in [0.717, 1.165) is 25.9 Å². The molecule has 10 nitrogen and oxygen atoms in total. The lowest BCUT2D eigenvalue weighted by Gasteiger charge is -2.40. The summed E-state index contributed by atoms with van der Waals surface area (Å²) < 4.78 is 34.5. The maximum absolute atomic E-state index is 13.4. The summed E-state index contributed by atoms with van der Waals surface area (Å²) in [5.41, 5.74) is 1.11. The number of hydrogen-bond donors (Lipinski definition) is 2. The first kappa shape index (κ1) is 25.9. The van der Waals surface area contributed by atoms with E-state index in [-0.39, 0.29) is 36.0 Å². The first-order valence-corrected chi connectivity index (χ1v) is 14.2. The zero-order valence-electron chi connectivity index (χ0n) is 20.8. The number of hydrogen-bond acceptors (Lipinski definition) is 6. The Bertz CT molecular complexity index is 1420. The van der Waals surface area contributed by atoms with Crippen molar-refractivity contribution in [1.29, 1.82) is 0 Å². The van der Waals surface area contributed by atoms with Crippen molar-refractivity contribution in [2.45, 2.75) is 42.7 Å². The maximum Gasteiger partial charge on any atom is 0.407 e. The minimum absolute atomic E-state index is 0.0705. The Balaban J connectivity index is 1.30. The second kappa shape index (κ2) is 11.0. The van der Waals surface area contributed by atoms with Crippen molar-refractivity contribution >= 4 is 38.6 Å². The van der Waals surface area contributed by atoms with Gasteiger partial charge in [0, 0.05) is 55.1 Å². The summed E-state index contributed by atoms with van der Waals surface area (Å²) in [7, 11) is -3.91. The molecule has 0 aliphatic carbocycles. The van der Waals surface area contributed by atoms with Gasteiger partial charge in [0.05, 0.1) is 11.6 Å². The van der Waals surface area contributed by atoms with E-state index in [1.165, 1.54) is 11.0 Å². The number of carbonyl (C=O) groups is 2. The third-order valence-electron chi connectivity index (χ3n) is 7.13. The molecular weight excluding hydrogens is 508 g/mol. The summed E-state index contributed by atoms with van der Waals surface area (Å²) in [4.78, 5) is 32.4. The number of pyridine rings is 1. The van der Waals surface area contributed by atoms with Gasteiger partial charge in [-0.2, -0.15) is 0 Å². The van der Waals surface area contributed by atoms with Gasteiger partial charge in [-0.3, -0.25) is 14.5 Å². The molecule has 5 rings (SSSR count). The van der Waals surface area contributed by atoms with Crippen molar-refractivity contribution in [3.8, 4) is 0 Å². The predicted octanol–water partition coefficient (Wildman–Crippen LogP) is 3.80. The van der Waals surface area contributed by atoms with Gasteiger partial charge in [0.2, 0.25) is 0 Å². The quantitative estimate of drug-likeness (QED) is 0.468. The van der Waals surface area contributed by atoms with Crippen molar-refractivity contribution in [2.24, 2.45) is 0 Å². The van der Waals surface area contributed by atoms with E-state index in [1.54, 1.807) is 59.6 Å². The van der Waals surface area contributed by atoms with Crippen LogP contribution in [0.4, 0.5) is 10.5 Å². The summed E-state index contributed by atoms with van der Waals surface area (Å²) in [6, 6.07) is 14.5. The lowest BCUT2D eigenvalue weighted by molar-refractivity contribution is 0.0370. The van der Waals surface area contributed by atoms with Crippen LogP contribution in [-0.4, -0.2) is 78.7 Å². The SMILES string of the molecule is O=C(O)N1CCN(C(=O)c2ccc(NS(=O)(=O)c3cccc4cccnc34)cc2)[C@H](CCC2CCCO2)C1. The zero-order chi connectivity index (χ0) is 26.7. The number of carbonyl (C=O) groups excluding carboxylic acids is 1. The van der Waals surface area contributed by atoms with Crippen LogP contribution in [0, 0.1) is 0 Å². The minimum atomic E-state index is -3.91. The van der Waals surface area contributed by atoms with E-state index in [4.69, 9.17) is 4.74 Å². The summed E-state index contributed by atoms with van der Waals surface area (Å²) in [6.07, 6.45) is 4.13. The van der Waals surface area contributed by atoms with Crippen molar-refractivity contribution < 1.29 is 27.9 Å². The van der Waals surface area contributed by atoms with Crippen LogP contribution in [0.3, 0.4) is 0 Å². The molecule has 2 atom stereocenters. The summed E-state index contributed by atoms with van der Waals surface area (Å²) >= 11 is 0. The van der Waals surface area contributed by atoms with Crippen molar-refractivity contribution in [3.05, 3.63) is 66.4 Å². The molecule has 0 spiro atoms. The van der Waals surface area contributed by atoms with Gasteiger partial charge in [0.1, 0.15) is 4.90 Å².